The Hall–Kier alpha value is -2.19. The predicted molar refractivity (Wildman–Crippen MR) is 111 cm³/mol. The largest absolute Gasteiger partial charge is 0.342 e. The maximum absolute atomic E-state index is 13.2. The highest BCUT2D eigenvalue weighted by atomic mass is 32.2. The average molecular weight is 418 g/mol. The SMILES string of the molecule is C[C@H](Sc1nc2scc(-c3ccc(F)cc3)c2c(=O)n1C)C(=O)N1CCCC1. The van der Waals surface area contributed by atoms with Crippen LogP contribution < -0.4 is 5.56 Å². The predicted octanol–water partition coefficient (Wildman–Crippen LogP) is 3.90. The number of thiophene rings is 1. The molecule has 1 aliphatic heterocycles. The smallest absolute Gasteiger partial charge is 0.263 e. The van der Waals surface area contributed by atoms with E-state index in [-0.39, 0.29) is 22.5 Å². The second kappa shape index (κ2) is 7.67. The summed E-state index contributed by atoms with van der Waals surface area (Å²) in [6.45, 7) is 3.47. The maximum Gasteiger partial charge on any atom is 0.263 e. The van der Waals surface area contributed by atoms with E-state index >= 15 is 0 Å². The molecule has 0 saturated carbocycles. The van der Waals surface area contributed by atoms with Gasteiger partial charge in [0.2, 0.25) is 5.91 Å². The van der Waals surface area contributed by atoms with Gasteiger partial charge in [-0.05, 0) is 37.5 Å². The van der Waals surface area contributed by atoms with Crippen LogP contribution in [0.5, 0.6) is 0 Å². The molecule has 3 aromatic rings. The Morgan fingerprint density at radius 3 is 2.61 bits per heavy atom. The number of benzene rings is 1. The molecule has 1 aliphatic rings. The number of likely N-dealkylation sites (tertiary alicyclic amines) is 1. The van der Waals surface area contributed by atoms with Crippen molar-refractivity contribution < 1.29 is 9.18 Å². The standard InChI is InChI=1S/C20H20FN3O2S2/c1-12(18(25)24-9-3-4-10-24)28-20-22-17-16(19(26)23(20)2)15(11-27-17)13-5-7-14(21)8-6-13/h5-8,11-12H,3-4,9-10H2,1-2H3/t12-/m0/s1. The fourth-order valence-electron chi connectivity index (χ4n) is 3.40. The van der Waals surface area contributed by atoms with Crippen molar-refractivity contribution in [1.29, 1.82) is 0 Å². The zero-order valence-corrected chi connectivity index (χ0v) is 17.3. The van der Waals surface area contributed by atoms with Crippen LogP contribution in [0.25, 0.3) is 21.3 Å². The van der Waals surface area contributed by atoms with E-state index in [9.17, 15) is 14.0 Å². The summed E-state index contributed by atoms with van der Waals surface area (Å²) in [6, 6.07) is 6.09. The van der Waals surface area contributed by atoms with Crippen LogP contribution in [-0.2, 0) is 11.8 Å². The van der Waals surface area contributed by atoms with Gasteiger partial charge in [0.15, 0.2) is 5.16 Å². The van der Waals surface area contributed by atoms with Crippen LogP contribution in [0, 0.1) is 5.82 Å². The van der Waals surface area contributed by atoms with Gasteiger partial charge >= 0.3 is 0 Å². The van der Waals surface area contributed by atoms with Gasteiger partial charge in [-0.3, -0.25) is 14.2 Å². The van der Waals surface area contributed by atoms with Crippen molar-refractivity contribution >= 4 is 39.2 Å². The van der Waals surface area contributed by atoms with E-state index in [4.69, 9.17) is 0 Å². The summed E-state index contributed by atoms with van der Waals surface area (Å²) < 4.78 is 14.7. The number of hydrogen-bond donors (Lipinski definition) is 0. The van der Waals surface area contributed by atoms with E-state index in [1.165, 1.54) is 39.8 Å². The summed E-state index contributed by atoms with van der Waals surface area (Å²) in [6.07, 6.45) is 2.10. The van der Waals surface area contributed by atoms with Crippen LogP contribution in [0.2, 0.25) is 0 Å². The number of fused-ring (bicyclic) bond motifs is 1. The van der Waals surface area contributed by atoms with Crippen LogP contribution >= 0.6 is 23.1 Å². The highest BCUT2D eigenvalue weighted by molar-refractivity contribution is 8.00. The van der Waals surface area contributed by atoms with Gasteiger partial charge in [0.25, 0.3) is 5.56 Å². The number of halogens is 1. The molecule has 0 radical (unpaired) electrons. The van der Waals surface area contributed by atoms with Gasteiger partial charge in [-0.25, -0.2) is 9.37 Å². The first-order chi connectivity index (χ1) is 13.5. The van der Waals surface area contributed by atoms with Crippen molar-refractivity contribution in [3.8, 4) is 11.1 Å². The van der Waals surface area contributed by atoms with Crippen molar-refractivity contribution in [2.75, 3.05) is 13.1 Å². The van der Waals surface area contributed by atoms with Gasteiger partial charge in [0, 0.05) is 31.1 Å². The molecule has 4 rings (SSSR count). The molecule has 3 heterocycles. The summed E-state index contributed by atoms with van der Waals surface area (Å²) in [4.78, 5) is 32.8. The van der Waals surface area contributed by atoms with E-state index < -0.39 is 0 Å². The number of aromatic nitrogens is 2. The molecule has 0 unspecified atom stereocenters. The first-order valence-electron chi connectivity index (χ1n) is 9.15. The lowest BCUT2D eigenvalue weighted by molar-refractivity contribution is -0.129. The van der Waals surface area contributed by atoms with E-state index in [2.05, 4.69) is 4.98 Å². The van der Waals surface area contributed by atoms with Crippen molar-refractivity contribution in [2.45, 2.75) is 30.2 Å². The molecular formula is C20H20FN3O2S2. The summed E-state index contributed by atoms with van der Waals surface area (Å²) in [5, 5.41) is 2.64. The van der Waals surface area contributed by atoms with Crippen LogP contribution in [-0.4, -0.2) is 38.7 Å². The molecule has 1 aromatic carbocycles. The highest BCUT2D eigenvalue weighted by Crippen LogP contribution is 2.33. The number of amides is 1. The van der Waals surface area contributed by atoms with Crippen LogP contribution in [0.1, 0.15) is 19.8 Å². The van der Waals surface area contributed by atoms with Crippen LogP contribution in [0.3, 0.4) is 0 Å². The van der Waals surface area contributed by atoms with Gasteiger partial charge in [0.1, 0.15) is 10.6 Å². The molecule has 0 spiro atoms. The first kappa shape index (κ1) is 19.1. The van der Waals surface area contributed by atoms with Gasteiger partial charge in [-0.2, -0.15) is 0 Å². The topological polar surface area (TPSA) is 55.2 Å². The lowest BCUT2D eigenvalue weighted by Gasteiger charge is -2.20. The number of hydrogen-bond acceptors (Lipinski definition) is 5. The Morgan fingerprint density at radius 2 is 1.93 bits per heavy atom. The third kappa shape index (κ3) is 3.46. The average Bonchev–Trinajstić information content (AvgIpc) is 3.36. The third-order valence-corrected chi connectivity index (χ3v) is 6.98. The normalized spacial score (nSPS) is 15.3. The van der Waals surface area contributed by atoms with E-state index in [0.29, 0.717) is 15.4 Å². The van der Waals surface area contributed by atoms with Crippen molar-refractivity contribution in [3.05, 3.63) is 45.8 Å². The van der Waals surface area contributed by atoms with Gasteiger partial charge < -0.3 is 4.90 Å². The highest BCUT2D eigenvalue weighted by Gasteiger charge is 2.26. The number of carbonyl (C=O) groups is 1. The fraction of sp³-hybridized carbons (Fsp3) is 0.350. The van der Waals surface area contributed by atoms with Gasteiger partial charge in [-0.1, -0.05) is 23.9 Å². The van der Waals surface area contributed by atoms with Crippen molar-refractivity contribution in [2.24, 2.45) is 7.05 Å². The Bertz CT molecular complexity index is 1090. The molecule has 1 amide bonds. The Balaban J connectivity index is 1.68. The lowest BCUT2D eigenvalue weighted by atomic mass is 10.1. The van der Waals surface area contributed by atoms with Gasteiger partial charge in [-0.15, -0.1) is 11.3 Å². The summed E-state index contributed by atoms with van der Waals surface area (Å²) in [7, 11) is 1.68. The Morgan fingerprint density at radius 1 is 1.25 bits per heavy atom. The molecule has 0 bridgehead atoms. The van der Waals surface area contributed by atoms with E-state index in [0.717, 1.165) is 37.1 Å². The number of thioether (sulfide) groups is 1. The second-order valence-corrected chi connectivity index (χ2v) is 9.05. The monoisotopic (exact) mass is 417 g/mol. The molecule has 1 fully saturated rings. The Kier molecular flexibility index (Phi) is 5.25. The maximum atomic E-state index is 13.2. The minimum absolute atomic E-state index is 0.0926. The first-order valence-corrected chi connectivity index (χ1v) is 10.9. The minimum atomic E-state index is -0.315. The Labute approximate surface area is 170 Å². The molecule has 8 heteroatoms. The number of nitrogens with zero attached hydrogens (tertiary/aromatic N) is 3. The van der Waals surface area contributed by atoms with Crippen molar-refractivity contribution in [3.63, 3.8) is 0 Å². The second-order valence-electron chi connectivity index (χ2n) is 6.89. The zero-order chi connectivity index (χ0) is 19.8. The molecule has 1 saturated heterocycles. The molecule has 0 N–H and O–H groups in total. The van der Waals surface area contributed by atoms with Crippen LogP contribution in [0.4, 0.5) is 4.39 Å². The minimum Gasteiger partial charge on any atom is -0.342 e. The molecule has 2 aromatic heterocycles. The summed E-state index contributed by atoms with van der Waals surface area (Å²) >= 11 is 2.70. The summed E-state index contributed by atoms with van der Waals surface area (Å²) in [5.74, 6) is -0.223. The summed E-state index contributed by atoms with van der Waals surface area (Å²) in [5.41, 5.74) is 1.38. The number of rotatable bonds is 4. The van der Waals surface area contributed by atoms with Crippen molar-refractivity contribution in [1.82, 2.24) is 14.5 Å². The molecular weight excluding hydrogens is 397 g/mol. The van der Waals surface area contributed by atoms with E-state index in [1.54, 1.807) is 19.2 Å². The quantitative estimate of drug-likeness (QED) is 0.477. The molecule has 146 valence electrons. The third-order valence-electron chi connectivity index (χ3n) is 4.98. The molecule has 0 aliphatic carbocycles. The van der Waals surface area contributed by atoms with Crippen LogP contribution in [0.15, 0.2) is 39.6 Å². The lowest BCUT2D eigenvalue weighted by Crippen LogP contribution is -2.34. The molecule has 1 atom stereocenters. The van der Waals surface area contributed by atoms with E-state index in [1.807, 2.05) is 17.2 Å². The van der Waals surface area contributed by atoms with Gasteiger partial charge in [0.05, 0.1) is 10.6 Å². The number of carbonyl (C=O) groups excluding carboxylic acids is 1. The zero-order valence-electron chi connectivity index (χ0n) is 15.6. The molecule has 5 nitrogen and oxygen atoms in total. The molecule has 28 heavy (non-hydrogen) atoms. The fourth-order valence-corrected chi connectivity index (χ4v) is 5.35.